The van der Waals surface area contributed by atoms with Gasteiger partial charge in [-0.3, -0.25) is 9.48 Å². The third-order valence-electron chi connectivity index (χ3n) is 3.30. The summed E-state index contributed by atoms with van der Waals surface area (Å²) >= 11 is 0. The predicted octanol–water partition coefficient (Wildman–Crippen LogP) is 1.77. The second-order valence-electron chi connectivity index (χ2n) is 5.45. The Kier molecular flexibility index (Phi) is 4.93. The molecule has 6 heteroatoms. The Balaban J connectivity index is 2.04. The Labute approximate surface area is 128 Å². The van der Waals surface area contributed by atoms with Gasteiger partial charge < -0.3 is 10.4 Å². The average molecular weight is 301 g/mol. The topological polar surface area (TPSA) is 84.2 Å². The van der Waals surface area contributed by atoms with Crippen molar-refractivity contribution in [2.24, 2.45) is 5.92 Å². The molecule has 0 fully saturated rings. The lowest BCUT2D eigenvalue weighted by Crippen LogP contribution is -2.44. The lowest BCUT2D eigenvalue weighted by atomic mass is 10.0. The molecule has 1 aromatic heterocycles. The third-order valence-corrected chi connectivity index (χ3v) is 3.30. The molecule has 2 aromatic rings. The van der Waals surface area contributed by atoms with E-state index in [1.165, 1.54) is 6.20 Å². The van der Waals surface area contributed by atoms with Gasteiger partial charge in [0.1, 0.15) is 6.04 Å². The minimum Gasteiger partial charge on any atom is -0.480 e. The van der Waals surface area contributed by atoms with Crippen LogP contribution in [-0.2, 0) is 11.3 Å². The van der Waals surface area contributed by atoms with E-state index >= 15 is 0 Å². The molecule has 1 atom stereocenters. The van der Waals surface area contributed by atoms with E-state index < -0.39 is 17.9 Å². The quantitative estimate of drug-likeness (QED) is 0.851. The van der Waals surface area contributed by atoms with Crippen LogP contribution in [0, 0.1) is 5.92 Å². The van der Waals surface area contributed by atoms with Crippen molar-refractivity contribution in [2.45, 2.75) is 26.4 Å². The SMILES string of the molecule is CC(C)[C@H](NC(=O)c1cnn(Cc2ccccc2)c1)C(=O)O. The zero-order valence-electron chi connectivity index (χ0n) is 12.6. The van der Waals surface area contributed by atoms with Crippen LogP contribution >= 0.6 is 0 Å². The number of nitrogens with zero attached hydrogens (tertiary/aromatic N) is 2. The maximum absolute atomic E-state index is 12.1. The fraction of sp³-hybridized carbons (Fsp3) is 0.312. The number of amides is 1. The summed E-state index contributed by atoms with van der Waals surface area (Å²) in [4.78, 5) is 23.2. The van der Waals surface area contributed by atoms with Crippen molar-refractivity contribution >= 4 is 11.9 Å². The van der Waals surface area contributed by atoms with Gasteiger partial charge in [-0.1, -0.05) is 44.2 Å². The van der Waals surface area contributed by atoms with Gasteiger partial charge >= 0.3 is 5.97 Å². The Morgan fingerprint density at radius 2 is 1.95 bits per heavy atom. The van der Waals surface area contributed by atoms with Gasteiger partial charge in [-0.05, 0) is 11.5 Å². The fourth-order valence-corrected chi connectivity index (χ4v) is 2.08. The molecule has 6 nitrogen and oxygen atoms in total. The van der Waals surface area contributed by atoms with Crippen molar-refractivity contribution in [1.29, 1.82) is 0 Å². The number of carbonyl (C=O) groups is 2. The number of hydrogen-bond donors (Lipinski definition) is 2. The van der Waals surface area contributed by atoms with Crippen LogP contribution in [0.15, 0.2) is 42.7 Å². The monoisotopic (exact) mass is 301 g/mol. The van der Waals surface area contributed by atoms with Gasteiger partial charge in [0, 0.05) is 6.20 Å². The first kappa shape index (κ1) is 15.8. The van der Waals surface area contributed by atoms with Gasteiger partial charge in [-0.25, -0.2) is 4.79 Å². The number of carboxylic acid groups (broad SMARTS) is 1. The molecule has 116 valence electrons. The average Bonchev–Trinajstić information content (AvgIpc) is 2.93. The van der Waals surface area contributed by atoms with Gasteiger partial charge in [-0.15, -0.1) is 0 Å². The molecule has 2 rings (SSSR count). The van der Waals surface area contributed by atoms with Gasteiger partial charge in [-0.2, -0.15) is 5.10 Å². The Hall–Kier alpha value is -2.63. The number of aliphatic carboxylic acids is 1. The normalized spacial score (nSPS) is 12.1. The summed E-state index contributed by atoms with van der Waals surface area (Å²) in [5.41, 5.74) is 1.42. The van der Waals surface area contributed by atoms with E-state index in [0.29, 0.717) is 12.1 Å². The molecule has 0 radical (unpaired) electrons. The highest BCUT2D eigenvalue weighted by molar-refractivity contribution is 5.96. The minimum atomic E-state index is -1.04. The number of carboxylic acids is 1. The lowest BCUT2D eigenvalue weighted by molar-refractivity contribution is -0.140. The van der Waals surface area contributed by atoms with E-state index in [0.717, 1.165) is 5.56 Å². The summed E-state index contributed by atoms with van der Waals surface area (Å²) in [7, 11) is 0. The molecule has 1 amide bonds. The van der Waals surface area contributed by atoms with E-state index in [1.54, 1.807) is 24.7 Å². The highest BCUT2D eigenvalue weighted by atomic mass is 16.4. The molecule has 1 aromatic carbocycles. The summed E-state index contributed by atoms with van der Waals surface area (Å²) in [5, 5.41) is 15.8. The van der Waals surface area contributed by atoms with Crippen LogP contribution in [0.2, 0.25) is 0 Å². The summed E-state index contributed by atoms with van der Waals surface area (Å²) < 4.78 is 1.65. The van der Waals surface area contributed by atoms with E-state index in [2.05, 4.69) is 10.4 Å². The van der Waals surface area contributed by atoms with E-state index in [9.17, 15) is 9.59 Å². The smallest absolute Gasteiger partial charge is 0.326 e. The lowest BCUT2D eigenvalue weighted by Gasteiger charge is -2.17. The largest absolute Gasteiger partial charge is 0.480 e. The predicted molar refractivity (Wildman–Crippen MR) is 81.5 cm³/mol. The second kappa shape index (κ2) is 6.89. The number of carbonyl (C=O) groups excluding carboxylic acids is 1. The van der Waals surface area contributed by atoms with Gasteiger partial charge in [0.05, 0.1) is 18.3 Å². The summed E-state index contributed by atoms with van der Waals surface area (Å²) in [6.45, 7) is 4.05. The van der Waals surface area contributed by atoms with Crippen LogP contribution in [0.5, 0.6) is 0 Å². The van der Waals surface area contributed by atoms with Crippen molar-refractivity contribution in [3.8, 4) is 0 Å². The van der Waals surface area contributed by atoms with Crippen molar-refractivity contribution in [2.75, 3.05) is 0 Å². The molecular formula is C16H19N3O3. The zero-order chi connectivity index (χ0) is 16.1. The maximum Gasteiger partial charge on any atom is 0.326 e. The van der Waals surface area contributed by atoms with Gasteiger partial charge in [0.2, 0.25) is 0 Å². The molecule has 0 saturated carbocycles. The molecular weight excluding hydrogens is 282 g/mol. The number of nitrogens with one attached hydrogen (secondary N) is 1. The molecule has 0 bridgehead atoms. The first-order valence-electron chi connectivity index (χ1n) is 7.07. The number of rotatable bonds is 6. The summed E-state index contributed by atoms with van der Waals surface area (Å²) in [6.07, 6.45) is 3.05. The van der Waals surface area contributed by atoms with Crippen molar-refractivity contribution in [1.82, 2.24) is 15.1 Å². The summed E-state index contributed by atoms with van der Waals surface area (Å²) in [6, 6.07) is 8.84. The zero-order valence-corrected chi connectivity index (χ0v) is 12.6. The van der Waals surface area contributed by atoms with E-state index in [1.807, 2.05) is 30.3 Å². The van der Waals surface area contributed by atoms with Crippen molar-refractivity contribution < 1.29 is 14.7 Å². The number of benzene rings is 1. The van der Waals surface area contributed by atoms with Gasteiger partial charge in [0.15, 0.2) is 0 Å². The van der Waals surface area contributed by atoms with Crippen LogP contribution in [-0.4, -0.2) is 32.8 Å². The molecule has 0 unspecified atom stereocenters. The molecule has 0 spiro atoms. The number of aromatic nitrogens is 2. The van der Waals surface area contributed by atoms with Crippen molar-refractivity contribution in [3.05, 3.63) is 53.9 Å². The molecule has 2 N–H and O–H groups in total. The molecule has 22 heavy (non-hydrogen) atoms. The Morgan fingerprint density at radius 3 is 2.55 bits per heavy atom. The van der Waals surface area contributed by atoms with Crippen LogP contribution in [0.25, 0.3) is 0 Å². The highest BCUT2D eigenvalue weighted by Gasteiger charge is 2.24. The Morgan fingerprint density at radius 1 is 1.27 bits per heavy atom. The molecule has 1 heterocycles. The maximum atomic E-state index is 12.1. The fourth-order valence-electron chi connectivity index (χ4n) is 2.08. The molecule has 0 aliphatic rings. The van der Waals surface area contributed by atoms with Gasteiger partial charge in [0.25, 0.3) is 5.91 Å². The Bertz CT molecular complexity index is 650. The van der Waals surface area contributed by atoms with Crippen molar-refractivity contribution in [3.63, 3.8) is 0 Å². The van der Waals surface area contributed by atoms with Crippen LogP contribution in [0.3, 0.4) is 0 Å². The first-order chi connectivity index (χ1) is 10.5. The number of hydrogen-bond acceptors (Lipinski definition) is 3. The molecule has 0 saturated heterocycles. The minimum absolute atomic E-state index is 0.194. The highest BCUT2D eigenvalue weighted by Crippen LogP contribution is 2.06. The van der Waals surface area contributed by atoms with Crippen LogP contribution in [0.4, 0.5) is 0 Å². The second-order valence-corrected chi connectivity index (χ2v) is 5.45. The first-order valence-corrected chi connectivity index (χ1v) is 7.07. The molecule has 0 aliphatic heterocycles. The third kappa shape index (κ3) is 3.94. The van der Waals surface area contributed by atoms with Crippen LogP contribution in [0.1, 0.15) is 29.8 Å². The van der Waals surface area contributed by atoms with E-state index in [4.69, 9.17) is 5.11 Å². The van der Waals surface area contributed by atoms with Crippen LogP contribution < -0.4 is 5.32 Å². The summed E-state index contributed by atoms with van der Waals surface area (Å²) in [5.74, 6) is -1.67. The van der Waals surface area contributed by atoms with E-state index in [-0.39, 0.29) is 5.92 Å². The standard InChI is InChI=1S/C16H19N3O3/c1-11(2)14(16(21)22)18-15(20)13-8-17-19(10-13)9-12-6-4-3-5-7-12/h3-8,10-11,14H,9H2,1-2H3,(H,18,20)(H,21,22)/t14-/m0/s1. The molecule has 0 aliphatic carbocycles.